The largest absolute Gasteiger partial charge is 0.476 e. The molecular formula is C30H31ClF4N8O3. The lowest BCUT2D eigenvalue weighted by Gasteiger charge is -2.32. The second-order valence-corrected chi connectivity index (χ2v) is 11.0. The van der Waals surface area contributed by atoms with Crippen LogP contribution in [0.3, 0.4) is 0 Å². The van der Waals surface area contributed by atoms with Crippen LogP contribution in [0.5, 0.6) is 5.88 Å². The molecule has 0 amide bonds. The van der Waals surface area contributed by atoms with Crippen molar-refractivity contribution in [3.05, 3.63) is 70.5 Å². The van der Waals surface area contributed by atoms with Gasteiger partial charge in [-0.1, -0.05) is 11.6 Å². The molecule has 3 aromatic heterocycles. The number of alkyl halides is 3. The van der Waals surface area contributed by atoms with Gasteiger partial charge in [0.15, 0.2) is 11.5 Å². The van der Waals surface area contributed by atoms with E-state index in [1.807, 2.05) is 0 Å². The number of hydrogen-bond donors (Lipinski definition) is 1. The number of benzene rings is 1. The molecule has 1 aliphatic heterocycles. The van der Waals surface area contributed by atoms with Crippen molar-refractivity contribution in [1.82, 2.24) is 34.5 Å². The van der Waals surface area contributed by atoms with Crippen LogP contribution in [0.1, 0.15) is 28.7 Å². The van der Waals surface area contributed by atoms with Crippen molar-refractivity contribution in [3.8, 4) is 22.8 Å². The smallest absolute Gasteiger partial charge is 0.435 e. The van der Waals surface area contributed by atoms with Crippen LogP contribution in [-0.2, 0) is 10.9 Å². The van der Waals surface area contributed by atoms with Gasteiger partial charge in [-0.3, -0.25) is 4.90 Å². The molecule has 16 heteroatoms. The Bertz CT molecular complexity index is 1710. The van der Waals surface area contributed by atoms with E-state index in [0.717, 1.165) is 43.0 Å². The van der Waals surface area contributed by atoms with Crippen LogP contribution >= 0.6 is 11.6 Å². The number of nitrogens with one attached hydrogen (secondary N) is 1. The maximum atomic E-state index is 13.7. The molecule has 244 valence electrons. The quantitative estimate of drug-likeness (QED) is 0.175. The summed E-state index contributed by atoms with van der Waals surface area (Å²) in [4.78, 5) is 30.6. The van der Waals surface area contributed by atoms with E-state index in [4.69, 9.17) is 21.1 Å². The van der Waals surface area contributed by atoms with Gasteiger partial charge < -0.3 is 19.7 Å². The van der Waals surface area contributed by atoms with Crippen LogP contribution in [0.4, 0.5) is 29.2 Å². The highest BCUT2D eigenvalue weighted by Gasteiger charge is 2.35. The van der Waals surface area contributed by atoms with E-state index >= 15 is 0 Å². The molecular weight excluding hydrogens is 632 g/mol. The number of carbonyl (C=O) groups excluding carboxylic acids is 1. The Labute approximate surface area is 267 Å². The first-order chi connectivity index (χ1) is 21.9. The van der Waals surface area contributed by atoms with Crippen molar-refractivity contribution in [1.29, 1.82) is 0 Å². The zero-order valence-electron chi connectivity index (χ0n) is 25.2. The number of esters is 1. The van der Waals surface area contributed by atoms with Crippen LogP contribution in [0.15, 0.2) is 42.7 Å². The van der Waals surface area contributed by atoms with Crippen molar-refractivity contribution < 1.29 is 31.8 Å². The highest BCUT2D eigenvalue weighted by Crippen LogP contribution is 2.33. The van der Waals surface area contributed by atoms with Gasteiger partial charge in [-0.15, -0.1) is 0 Å². The summed E-state index contributed by atoms with van der Waals surface area (Å²) in [5, 5.41) is 6.49. The van der Waals surface area contributed by atoms with E-state index in [1.165, 1.54) is 37.5 Å². The van der Waals surface area contributed by atoms with Gasteiger partial charge in [0.1, 0.15) is 18.0 Å². The van der Waals surface area contributed by atoms with Crippen LogP contribution in [0, 0.1) is 12.7 Å². The van der Waals surface area contributed by atoms with Crippen LogP contribution < -0.4 is 10.1 Å². The predicted octanol–water partition coefficient (Wildman–Crippen LogP) is 5.39. The summed E-state index contributed by atoms with van der Waals surface area (Å²) in [6, 6.07) is 6.21. The molecule has 4 aromatic rings. The first-order valence-electron chi connectivity index (χ1n) is 14.4. The lowest BCUT2D eigenvalue weighted by Crippen LogP contribution is -2.45. The maximum absolute atomic E-state index is 13.7. The normalized spacial score (nSPS) is 14.3. The second kappa shape index (κ2) is 14.0. The van der Waals surface area contributed by atoms with Crippen molar-refractivity contribution in [2.45, 2.75) is 20.0 Å². The van der Waals surface area contributed by atoms with Gasteiger partial charge in [0.05, 0.1) is 11.6 Å². The van der Waals surface area contributed by atoms with Crippen molar-refractivity contribution >= 4 is 29.2 Å². The summed E-state index contributed by atoms with van der Waals surface area (Å²) in [5.41, 5.74) is -0.120. The van der Waals surface area contributed by atoms with Gasteiger partial charge >= 0.3 is 12.1 Å². The summed E-state index contributed by atoms with van der Waals surface area (Å²) in [5.74, 6) is -1.34. The molecule has 1 aromatic carbocycles. The highest BCUT2D eigenvalue weighted by atomic mass is 35.5. The number of ether oxygens (including phenoxy) is 2. The predicted molar refractivity (Wildman–Crippen MR) is 162 cm³/mol. The third kappa shape index (κ3) is 7.71. The minimum absolute atomic E-state index is 0.0278. The van der Waals surface area contributed by atoms with E-state index in [9.17, 15) is 22.4 Å². The molecule has 1 saturated heterocycles. The molecule has 4 heterocycles. The van der Waals surface area contributed by atoms with Gasteiger partial charge in [-0.2, -0.15) is 23.3 Å². The van der Waals surface area contributed by atoms with E-state index in [1.54, 1.807) is 6.92 Å². The first-order valence-corrected chi connectivity index (χ1v) is 14.7. The molecule has 11 nitrogen and oxygen atoms in total. The standard InChI is InChI=1S/C30H31ClF4N8O3/c1-4-45-28(44)21-14-19(16-36-27(21)46-12-11-42-9-7-41(3)8-10-42)22-17-37-29(38-20-5-6-24(32)23(31)15-20)39-26(22)43-18(2)13-25(40-43)30(33,34)35/h5-6,13-17H,4,7-12H2,1-3H3,(H,37,38,39). The van der Waals surface area contributed by atoms with Crippen LogP contribution in [-0.4, -0.2) is 93.5 Å². The number of rotatable bonds is 10. The number of aryl methyl sites for hydroxylation is 1. The van der Waals surface area contributed by atoms with Gasteiger partial charge in [0.25, 0.3) is 0 Å². The number of aromatic nitrogens is 5. The SMILES string of the molecule is CCOC(=O)c1cc(-c2cnc(Nc3ccc(F)c(Cl)c3)nc2-n2nc(C(F)(F)F)cc2C)cnc1OCCN1CCN(C)CC1. The summed E-state index contributed by atoms with van der Waals surface area (Å²) in [7, 11) is 2.07. The average molecular weight is 663 g/mol. The van der Waals surface area contributed by atoms with Crippen molar-refractivity contribution in [2.75, 3.05) is 58.3 Å². The average Bonchev–Trinajstić information content (AvgIpc) is 3.42. The fourth-order valence-corrected chi connectivity index (χ4v) is 4.92. The molecule has 1 N–H and O–H groups in total. The minimum Gasteiger partial charge on any atom is -0.476 e. The van der Waals surface area contributed by atoms with Gasteiger partial charge in [-0.05, 0) is 51.2 Å². The second-order valence-electron chi connectivity index (χ2n) is 10.6. The number of anilines is 2. The molecule has 0 bridgehead atoms. The van der Waals surface area contributed by atoms with Gasteiger partial charge in [0, 0.05) is 67.6 Å². The fourth-order valence-electron chi connectivity index (χ4n) is 4.74. The molecule has 0 spiro atoms. The number of carbonyl (C=O) groups is 1. The highest BCUT2D eigenvalue weighted by molar-refractivity contribution is 6.31. The Kier molecular flexibility index (Phi) is 10.0. The Morgan fingerprint density at radius 3 is 2.52 bits per heavy atom. The van der Waals surface area contributed by atoms with Crippen LogP contribution in [0.2, 0.25) is 5.02 Å². The molecule has 0 radical (unpaired) electrons. The summed E-state index contributed by atoms with van der Waals surface area (Å²) in [6.45, 7) is 7.77. The van der Waals surface area contributed by atoms with Gasteiger partial charge in [0.2, 0.25) is 11.8 Å². The first kappa shape index (κ1) is 33.0. The topological polar surface area (TPSA) is 111 Å². The minimum atomic E-state index is -4.71. The summed E-state index contributed by atoms with van der Waals surface area (Å²) in [6.07, 6.45) is -1.95. The molecule has 1 fully saturated rings. The molecule has 5 rings (SSSR count). The van der Waals surface area contributed by atoms with Crippen molar-refractivity contribution in [3.63, 3.8) is 0 Å². The fraction of sp³-hybridized carbons (Fsp3) is 0.367. The monoisotopic (exact) mass is 662 g/mol. The molecule has 46 heavy (non-hydrogen) atoms. The van der Waals surface area contributed by atoms with Gasteiger partial charge in [-0.25, -0.2) is 23.8 Å². The Hall–Kier alpha value is -4.34. The molecule has 0 unspecified atom stereocenters. The Morgan fingerprint density at radius 2 is 1.85 bits per heavy atom. The summed E-state index contributed by atoms with van der Waals surface area (Å²) >= 11 is 5.90. The molecule has 1 aliphatic rings. The number of piperazine rings is 1. The van der Waals surface area contributed by atoms with E-state index < -0.39 is 23.7 Å². The number of hydrogen-bond acceptors (Lipinski definition) is 10. The van der Waals surface area contributed by atoms with Crippen LogP contribution in [0.25, 0.3) is 16.9 Å². The number of nitrogens with zero attached hydrogens (tertiary/aromatic N) is 7. The number of pyridine rings is 1. The lowest BCUT2D eigenvalue weighted by atomic mass is 10.1. The molecule has 0 atom stereocenters. The van der Waals surface area contributed by atoms with E-state index in [2.05, 4.69) is 42.2 Å². The van der Waals surface area contributed by atoms with E-state index in [-0.39, 0.29) is 52.7 Å². The number of halogens is 5. The van der Waals surface area contributed by atoms with E-state index in [0.29, 0.717) is 17.8 Å². The molecule has 0 aliphatic carbocycles. The summed E-state index contributed by atoms with van der Waals surface area (Å²) < 4.78 is 66.7. The zero-order valence-corrected chi connectivity index (χ0v) is 26.0. The zero-order chi connectivity index (χ0) is 33.0. The lowest BCUT2D eigenvalue weighted by molar-refractivity contribution is -0.141. The Balaban J connectivity index is 1.52. The Morgan fingerprint density at radius 1 is 1.09 bits per heavy atom. The third-order valence-electron chi connectivity index (χ3n) is 7.22. The number of likely N-dealkylation sites (N-methyl/N-ethyl adjacent to an activating group) is 1. The molecule has 0 saturated carbocycles. The maximum Gasteiger partial charge on any atom is 0.435 e. The third-order valence-corrected chi connectivity index (χ3v) is 7.51. The van der Waals surface area contributed by atoms with Crippen molar-refractivity contribution in [2.24, 2.45) is 0 Å².